The number of nitrogens with zero attached hydrogens (tertiary/aromatic N) is 2. The van der Waals surface area contributed by atoms with Crippen molar-refractivity contribution in [3.63, 3.8) is 0 Å². The van der Waals surface area contributed by atoms with Crippen LogP contribution in [0.2, 0.25) is 0 Å². The predicted molar refractivity (Wildman–Crippen MR) is 101 cm³/mol. The fraction of sp³-hybridized carbons (Fsp3) is 0.250. The van der Waals surface area contributed by atoms with Gasteiger partial charge in [-0.1, -0.05) is 30.3 Å². The molecule has 1 heterocycles. The normalized spacial score (nSPS) is 18.3. The molecule has 2 N–H and O–H groups in total. The van der Waals surface area contributed by atoms with E-state index in [0.717, 1.165) is 0 Å². The van der Waals surface area contributed by atoms with Crippen molar-refractivity contribution in [1.82, 2.24) is 15.0 Å². The van der Waals surface area contributed by atoms with E-state index in [0.29, 0.717) is 29.4 Å². The molecular weight excluding hydrogens is 347 g/mol. The van der Waals surface area contributed by atoms with Crippen LogP contribution in [0.1, 0.15) is 24.8 Å². The largest absolute Gasteiger partial charge is 0.277 e. The molecule has 2 atom stereocenters. The minimum absolute atomic E-state index is 0.120. The summed E-state index contributed by atoms with van der Waals surface area (Å²) in [7, 11) is 0. The van der Waals surface area contributed by atoms with Crippen molar-refractivity contribution >= 4 is 22.8 Å². The summed E-state index contributed by atoms with van der Waals surface area (Å²) in [4.78, 5) is 29.4. The Labute approximate surface area is 155 Å². The molecule has 3 aromatic rings. The summed E-state index contributed by atoms with van der Waals surface area (Å²) in [5, 5.41) is 0.526. The van der Waals surface area contributed by atoms with Gasteiger partial charge in [-0.2, -0.15) is 0 Å². The predicted octanol–water partition coefficient (Wildman–Crippen LogP) is 2.80. The number of fused-ring (bicyclic) bond motifs is 1. The van der Waals surface area contributed by atoms with Gasteiger partial charge in [0, 0.05) is 12.5 Å². The molecule has 1 aliphatic carbocycles. The molecule has 1 amide bonds. The van der Waals surface area contributed by atoms with E-state index in [1.807, 2.05) is 6.92 Å². The summed E-state index contributed by atoms with van der Waals surface area (Å²) in [6.07, 6.45) is 0.597. The number of carbonyl (C=O) groups excluding carboxylic acids is 1. The first-order valence-electron chi connectivity index (χ1n) is 8.90. The maximum atomic E-state index is 13.9. The lowest BCUT2D eigenvalue weighted by atomic mass is 10.1. The molecule has 7 heteroatoms. The number of nitrogens with one attached hydrogen (secondary N) is 2. The van der Waals surface area contributed by atoms with Gasteiger partial charge in [0.15, 0.2) is 0 Å². The van der Waals surface area contributed by atoms with Crippen LogP contribution in [-0.4, -0.2) is 15.5 Å². The van der Waals surface area contributed by atoms with Crippen LogP contribution in [-0.2, 0) is 11.3 Å². The van der Waals surface area contributed by atoms with Crippen LogP contribution in [0.25, 0.3) is 10.9 Å². The summed E-state index contributed by atoms with van der Waals surface area (Å²) in [6, 6.07) is 13.6. The Morgan fingerprint density at radius 1 is 1.22 bits per heavy atom. The van der Waals surface area contributed by atoms with Crippen molar-refractivity contribution in [2.24, 2.45) is 5.92 Å². The van der Waals surface area contributed by atoms with E-state index in [2.05, 4.69) is 15.8 Å². The molecule has 27 heavy (non-hydrogen) atoms. The molecule has 0 bridgehead atoms. The van der Waals surface area contributed by atoms with E-state index in [9.17, 15) is 14.0 Å². The minimum atomic E-state index is -0.295. The Balaban J connectivity index is 1.50. The Kier molecular flexibility index (Phi) is 4.35. The quantitative estimate of drug-likeness (QED) is 0.681. The first kappa shape index (κ1) is 17.2. The number of rotatable bonds is 5. The number of para-hydroxylation sites is 1. The number of hydrazine groups is 1. The van der Waals surface area contributed by atoms with Crippen LogP contribution in [0.5, 0.6) is 0 Å². The number of hydrogen-bond donors (Lipinski definition) is 2. The van der Waals surface area contributed by atoms with Crippen LogP contribution < -0.4 is 16.4 Å². The lowest BCUT2D eigenvalue weighted by Gasteiger charge is -2.14. The average Bonchev–Trinajstić information content (AvgIpc) is 3.47. The number of anilines is 1. The third kappa shape index (κ3) is 3.16. The third-order valence-corrected chi connectivity index (χ3v) is 4.91. The van der Waals surface area contributed by atoms with Crippen LogP contribution in [0, 0.1) is 11.7 Å². The molecule has 1 aliphatic rings. The molecule has 138 valence electrons. The molecule has 2 unspecified atom stereocenters. The first-order valence-corrected chi connectivity index (χ1v) is 8.90. The standard InChI is InChI=1S/C20H19FN4O2/c1-2-25-19(27)13-8-4-6-10-17(13)22-20(25)24-23-18(26)15-11-14(15)12-7-3-5-9-16(12)21/h3-10,14-15H,2,11H2,1H3,(H,22,24)(H,23,26). The molecule has 1 aromatic heterocycles. The summed E-state index contributed by atoms with van der Waals surface area (Å²) in [5.41, 5.74) is 6.32. The van der Waals surface area contributed by atoms with E-state index < -0.39 is 0 Å². The monoisotopic (exact) mass is 366 g/mol. The first-order chi connectivity index (χ1) is 13.1. The fourth-order valence-electron chi connectivity index (χ4n) is 3.37. The molecule has 2 aromatic carbocycles. The molecule has 1 saturated carbocycles. The highest BCUT2D eigenvalue weighted by Gasteiger charge is 2.45. The van der Waals surface area contributed by atoms with Crippen molar-refractivity contribution in [3.8, 4) is 0 Å². The van der Waals surface area contributed by atoms with Gasteiger partial charge in [0.25, 0.3) is 5.56 Å². The molecule has 1 fully saturated rings. The van der Waals surface area contributed by atoms with E-state index >= 15 is 0 Å². The van der Waals surface area contributed by atoms with Crippen LogP contribution >= 0.6 is 0 Å². The summed E-state index contributed by atoms with van der Waals surface area (Å²) < 4.78 is 15.3. The zero-order valence-corrected chi connectivity index (χ0v) is 14.8. The van der Waals surface area contributed by atoms with Gasteiger partial charge in [0.1, 0.15) is 5.82 Å². The van der Waals surface area contributed by atoms with E-state index in [1.54, 1.807) is 42.5 Å². The van der Waals surface area contributed by atoms with Gasteiger partial charge in [-0.3, -0.25) is 25.0 Å². The van der Waals surface area contributed by atoms with Gasteiger partial charge >= 0.3 is 0 Å². The van der Waals surface area contributed by atoms with Crippen LogP contribution in [0.3, 0.4) is 0 Å². The highest BCUT2D eigenvalue weighted by molar-refractivity contribution is 5.84. The van der Waals surface area contributed by atoms with E-state index in [-0.39, 0.29) is 35.1 Å². The molecule has 0 saturated heterocycles. The van der Waals surface area contributed by atoms with Crippen LogP contribution in [0.15, 0.2) is 53.3 Å². The zero-order valence-electron chi connectivity index (χ0n) is 14.8. The van der Waals surface area contributed by atoms with Gasteiger partial charge < -0.3 is 0 Å². The molecule has 4 rings (SSSR count). The lowest BCUT2D eigenvalue weighted by molar-refractivity contribution is -0.121. The maximum absolute atomic E-state index is 13.9. The maximum Gasteiger partial charge on any atom is 0.262 e. The minimum Gasteiger partial charge on any atom is -0.277 e. The van der Waals surface area contributed by atoms with Gasteiger partial charge in [0.05, 0.1) is 10.9 Å². The van der Waals surface area contributed by atoms with E-state index in [4.69, 9.17) is 0 Å². The summed E-state index contributed by atoms with van der Waals surface area (Å²) >= 11 is 0. The zero-order chi connectivity index (χ0) is 19.0. The number of aromatic nitrogens is 2. The molecule has 0 aliphatic heterocycles. The van der Waals surface area contributed by atoms with Gasteiger partial charge in [-0.25, -0.2) is 9.37 Å². The van der Waals surface area contributed by atoms with Gasteiger partial charge in [-0.05, 0) is 43.0 Å². The molecule has 0 radical (unpaired) electrons. The van der Waals surface area contributed by atoms with Crippen LogP contribution in [0.4, 0.5) is 10.3 Å². The summed E-state index contributed by atoms with van der Waals surface area (Å²) in [5.74, 6) is -0.671. The lowest BCUT2D eigenvalue weighted by Crippen LogP contribution is -2.35. The smallest absolute Gasteiger partial charge is 0.262 e. The number of amides is 1. The summed E-state index contributed by atoms with van der Waals surface area (Å²) in [6.45, 7) is 2.25. The second kappa shape index (κ2) is 6.83. The Hall–Kier alpha value is -3.22. The van der Waals surface area contributed by atoms with Crippen molar-refractivity contribution < 1.29 is 9.18 Å². The fourth-order valence-corrected chi connectivity index (χ4v) is 3.37. The Bertz CT molecular complexity index is 1080. The highest BCUT2D eigenvalue weighted by Crippen LogP contribution is 2.48. The second-order valence-electron chi connectivity index (χ2n) is 6.59. The SMILES string of the molecule is CCn1c(NNC(=O)C2CC2c2ccccc2F)nc2ccccc2c1=O. The van der Waals surface area contributed by atoms with Crippen molar-refractivity contribution in [2.45, 2.75) is 25.8 Å². The van der Waals surface area contributed by atoms with Gasteiger partial charge in [0.2, 0.25) is 11.9 Å². The van der Waals surface area contributed by atoms with Crippen molar-refractivity contribution in [2.75, 3.05) is 5.43 Å². The number of carbonyl (C=O) groups is 1. The molecule has 6 nitrogen and oxygen atoms in total. The van der Waals surface area contributed by atoms with E-state index in [1.165, 1.54) is 10.6 Å². The Morgan fingerprint density at radius 3 is 2.74 bits per heavy atom. The number of benzene rings is 2. The van der Waals surface area contributed by atoms with Crippen molar-refractivity contribution in [1.29, 1.82) is 0 Å². The third-order valence-electron chi connectivity index (χ3n) is 4.91. The average molecular weight is 366 g/mol. The number of hydrogen-bond acceptors (Lipinski definition) is 4. The number of halogens is 1. The second-order valence-corrected chi connectivity index (χ2v) is 6.59. The highest BCUT2D eigenvalue weighted by atomic mass is 19.1. The molecule has 0 spiro atoms. The van der Waals surface area contributed by atoms with Crippen molar-refractivity contribution in [3.05, 3.63) is 70.3 Å². The Morgan fingerprint density at radius 2 is 1.96 bits per heavy atom. The topological polar surface area (TPSA) is 76.0 Å². The van der Waals surface area contributed by atoms with Gasteiger partial charge in [-0.15, -0.1) is 0 Å². The molecular formula is C20H19FN4O2.